The van der Waals surface area contributed by atoms with Crippen molar-refractivity contribution in [2.45, 2.75) is 13.8 Å². The van der Waals surface area contributed by atoms with E-state index in [0.29, 0.717) is 17.0 Å². The number of furan rings is 1. The first-order valence-electron chi connectivity index (χ1n) is 5.71. The van der Waals surface area contributed by atoms with Gasteiger partial charge in [-0.3, -0.25) is 0 Å². The summed E-state index contributed by atoms with van der Waals surface area (Å²) in [5, 5.41) is 2.04. The Bertz CT molecular complexity index is 759. The minimum absolute atomic E-state index is 0.427. The Labute approximate surface area is 104 Å². The van der Waals surface area contributed by atoms with Gasteiger partial charge in [-0.05, 0) is 37.1 Å². The Kier molecular flexibility index (Phi) is 2.21. The number of benzene rings is 2. The van der Waals surface area contributed by atoms with Crippen molar-refractivity contribution >= 4 is 27.6 Å². The van der Waals surface area contributed by atoms with Gasteiger partial charge in [-0.1, -0.05) is 12.1 Å². The van der Waals surface area contributed by atoms with Gasteiger partial charge < -0.3 is 15.0 Å². The molecule has 4 heteroatoms. The van der Waals surface area contributed by atoms with Gasteiger partial charge in [0, 0.05) is 10.8 Å². The fourth-order valence-electron chi connectivity index (χ4n) is 2.24. The highest BCUT2D eigenvalue weighted by Gasteiger charge is 2.15. The van der Waals surface area contributed by atoms with Gasteiger partial charge in [0.05, 0.1) is 0 Å². The lowest BCUT2D eigenvalue weighted by Gasteiger charge is -2.02. The van der Waals surface area contributed by atoms with Gasteiger partial charge in [-0.25, -0.2) is 0 Å². The van der Waals surface area contributed by atoms with Crippen LogP contribution in [-0.2, 0) is 0 Å². The van der Waals surface area contributed by atoms with Crippen molar-refractivity contribution in [3.8, 4) is 5.75 Å². The molecule has 3 aromatic rings. The second-order valence-electron chi connectivity index (χ2n) is 4.46. The quantitative estimate of drug-likeness (QED) is 0.508. The molecule has 0 aliphatic rings. The molecule has 0 atom stereocenters. The van der Waals surface area contributed by atoms with Crippen LogP contribution in [0.2, 0.25) is 0 Å². The van der Waals surface area contributed by atoms with Crippen LogP contribution < -0.4 is 16.5 Å². The zero-order valence-corrected chi connectivity index (χ0v) is 10.3. The second kappa shape index (κ2) is 3.65. The van der Waals surface area contributed by atoms with E-state index in [1.807, 2.05) is 19.1 Å². The van der Waals surface area contributed by atoms with Crippen LogP contribution in [0.4, 0.5) is 5.69 Å². The molecule has 4 nitrogen and oxygen atoms in total. The maximum Gasteiger partial charge on any atom is 0.173 e. The third-order valence-corrected chi connectivity index (χ3v) is 3.45. The number of rotatable bonds is 1. The average Bonchev–Trinajstić information content (AvgIpc) is 2.75. The van der Waals surface area contributed by atoms with Crippen molar-refractivity contribution in [3.63, 3.8) is 0 Å². The van der Waals surface area contributed by atoms with E-state index in [2.05, 4.69) is 13.0 Å². The lowest BCUT2D eigenvalue weighted by Crippen LogP contribution is -2.04. The van der Waals surface area contributed by atoms with Gasteiger partial charge in [-0.15, -0.1) is 0 Å². The second-order valence-corrected chi connectivity index (χ2v) is 4.46. The lowest BCUT2D eigenvalue weighted by atomic mass is 10.1. The third kappa shape index (κ3) is 1.29. The van der Waals surface area contributed by atoms with Crippen LogP contribution in [0.25, 0.3) is 21.9 Å². The summed E-state index contributed by atoms with van der Waals surface area (Å²) < 4.78 is 5.88. The molecule has 0 unspecified atom stereocenters. The van der Waals surface area contributed by atoms with Crippen LogP contribution in [-0.4, -0.2) is 0 Å². The van der Waals surface area contributed by atoms with Crippen LogP contribution in [0.1, 0.15) is 11.1 Å². The molecular weight excluding hydrogens is 228 g/mol. The van der Waals surface area contributed by atoms with Crippen molar-refractivity contribution < 1.29 is 9.25 Å². The first-order valence-corrected chi connectivity index (χ1v) is 5.71. The summed E-state index contributed by atoms with van der Waals surface area (Å²) in [6.07, 6.45) is 0. The molecule has 18 heavy (non-hydrogen) atoms. The molecule has 0 spiro atoms. The minimum atomic E-state index is 0.427. The molecule has 0 aliphatic carbocycles. The normalized spacial score (nSPS) is 11.3. The maximum absolute atomic E-state index is 5.98. The van der Waals surface area contributed by atoms with Crippen molar-refractivity contribution in [3.05, 3.63) is 35.4 Å². The average molecular weight is 242 g/mol. The van der Waals surface area contributed by atoms with Gasteiger partial charge in [-0.2, -0.15) is 5.90 Å². The Morgan fingerprint density at radius 3 is 2.39 bits per heavy atom. The van der Waals surface area contributed by atoms with Crippen LogP contribution in [0, 0.1) is 13.8 Å². The van der Waals surface area contributed by atoms with E-state index in [1.54, 1.807) is 6.07 Å². The van der Waals surface area contributed by atoms with E-state index in [9.17, 15) is 0 Å². The fourth-order valence-corrected chi connectivity index (χ4v) is 2.24. The Morgan fingerprint density at radius 2 is 1.67 bits per heavy atom. The molecule has 3 rings (SSSR count). The molecule has 1 heterocycles. The van der Waals surface area contributed by atoms with Gasteiger partial charge in [0.1, 0.15) is 11.3 Å². The van der Waals surface area contributed by atoms with E-state index in [-0.39, 0.29) is 0 Å². The van der Waals surface area contributed by atoms with E-state index in [1.165, 1.54) is 5.56 Å². The van der Waals surface area contributed by atoms with E-state index in [0.717, 1.165) is 21.9 Å². The lowest BCUT2D eigenvalue weighted by molar-refractivity contribution is 0.336. The largest absolute Gasteiger partial charge is 0.453 e. The number of hydrogen-bond acceptors (Lipinski definition) is 4. The van der Waals surface area contributed by atoms with E-state index < -0.39 is 0 Å². The highest BCUT2D eigenvalue weighted by molar-refractivity contribution is 6.10. The number of aryl methyl sites for hydroxylation is 2. The highest BCUT2D eigenvalue weighted by atomic mass is 16.6. The van der Waals surface area contributed by atoms with E-state index >= 15 is 0 Å². The van der Waals surface area contributed by atoms with Crippen LogP contribution in [0.15, 0.2) is 28.7 Å². The summed E-state index contributed by atoms with van der Waals surface area (Å²) in [7, 11) is 0. The molecular formula is C14H14N2O2. The summed E-state index contributed by atoms with van der Waals surface area (Å²) in [6, 6.07) is 7.79. The Morgan fingerprint density at radius 1 is 1.00 bits per heavy atom. The van der Waals surface area contributed by atoms with Gasteiger partial charge in [0.15, 0.2) is 11.3 Å². The van der Waals surface area contributed by atoms with Crippen LogP contribution >= 0.6 is 0 Å². The maximum atomic E-state index is 5.98. The summed E-state index contributed by atoms with van der Waals surface area (Å²) in [5.41, 5.74) is 10.2. The number of nitrogen functional groups attached to an aromatic ring is 1. The molecule has 0 bridgehead atoms. The summed E-state index contributed by atoms with van der Waals surface area (Å²) in [4.78, 5) is 4.72. The highest BCUT2D eigenvalue weighted by Crippen LogP contribution is 2.38. The molecule has 0 amide bonds. The zero-order chi connectivity index (χ0) is 12.9. The summed E-state index contributed by atoms with van der Waals surface area (Å²) in [6.45, 7) is 4.09. The fraction of sp³-hybridized carbons (Fsp3) is 0.143. The van der Waals surface area contributed by atoms with Crippen molar-refractivity contribution in [1.29, 1.82) is 0 Å². The SMILES string of the molecule is Cc1ccc2c(oc3c(N)c(ON)ccc32)c1C. The molecule has 0 radical (unpaired) electrons. The summed E-state index contributed by atoms with van der Waals surface area (Å²) >= 11 is 0. The molecule has 2 aromatic carbocycles. The third-order valence-electron chi connectivity index (χ3n) is 3.45. The monoisotopic (exact) mass is 242 g/mol. The van der Waals surface area contributed by atoms with Crippen molar-refractivity contribution in [2.75, 3.05) is 5.73 Å². The predicted octanol–water partition coefficient (Wildman–Crippen LogP) is 3.04. The number of anilines is 1. The smallest absolute Gasteiger partial charge is 0.173 e. The van der Waals surface area contributed by atoms with E-state index in [4.69, 9.17) is 20.9 Å². The Balaban J connectivity index is 2.50. The standard InChI is InChI=1S/C14H14N2O2/c1-7-3-4-9-10-5-6-11(18-16)12(15)14(10)17-13(9)8(7)2/h3-6H,15-16H2,1-2H3. The first-order chi connectivity index (χ1) is 8.63. The van der Waals surface area contributed by atoms with Crippen molar-refractivity contribution in [2.24, 2.45) is 5.90 Å². The van der Waals surface area contributed by atoms with Gasteiger partial charge in [0.25, 0.3) is 0 Å². The molecule has 92 valence electrons. The molecule has 0 saturated carbocycles. The molecule has 4 N–H and O–H groups in total. The molecule has 0 aliphatic heterocycles. The predicted molar refractivity (Wildman–Crippen MR) is 72.4 cm³/mol. The van der Waals surface area contributed by atoms with Crippen LogP contribution in [0.5, 0.6) is 5.75 Å². The van der Waals surface area contributed by atoms with Crippen LogP contribution in [0.3, 0.4) is 0 Å². The summed E-state index contributed by atoms with van der Waals surface area (Å²) in [5.74, 6) is 5.60. The zero-order valence-electron chi connectivity index (χ0n) is 10.3. The number of nitrogens with two attached hydrogens (primary N) is 2. The minimum Gasteiger partial charge on any atom is -0.453 e. The topological polar surface area (TPSA) is 74.4 Å². The molecule has 1 aromatic heterocycles. The molecule has 0 fully saturated rings. The van der Waals surface area contributed by atoms with Crippen molar-refractivity contribution in [1.82, 2.24) is 0 Å². The van der Waals surface area contributed by atoms with Gasteiger partial charge >= 0.3 is 0 Å². The number of hydrogen-bond donors (Lipinski definition) is 2. The Hall–Kier alpha value is -2.20. The molecule has 0 saturated heterocycles. The van der Waals surface area contributed by atoms with Gasteiger partial charge in [0.2, 0.25) is 0 Å². The first kappa shape index (κ1) is 10.9. The number of fused-ring (bicyclic) bond motifs is 3.